The van der Waals surface area contributed by atoms with Gasteiger partial charge in [0.05, 0.1) is 0 Å². The van der Waals surface area contributed by atoms with E-state index in [1.165, 1.54) is 27.8 Å². The van der Waals surface area contributed by atoms with Gasteiger partial charge in [0.1, 0.15) is 0 Å². The molecule has 29 heavy (non-hydrogen) atoms. The van der Waals surface area contributed by atoms with Crippen molar-refractivity contribution in [1.82, 2.24) is 0 Å². The lowest BCUT2D eigenvalue weighted by atomic mass is 10.0. The van der Waals surface area contributed by atoms with Crippen molar-refractivity contribution in [3.63, 3.8) is 0 Å². The van der Waals surface area contributed by atoms with Crippen LogP contribution in [0.3, 0.4) is 0 Å². The van der Waals surface area contributed by atoms with Gasteiger partial charge in [-0.15, -0.1) is 0 Å². The molecule has 0 atom stereocenters. The van der Waals surface area contributed by atoms with Crippen LogP contribution < -0.4 is 0 Å². The van der Waals surface area contributed by atoms with Gasteiger partial charge in [-0.25, -0.2) is 0 Å². The highest BCUT2D eigenvalue weighted by atomic mass is 14.0. The van der Waals surface area contributed by atoms with Crippen LogP contribution in [0.2, 0.25) is 0 Å². The molecule has 0 aromatic heterocycles. The van der Waals surface area contributed by atoms with Gasteiger partial charge < -0.3 is 0 Å². The first-order valence-corrected chi connectivity index (χ1v) is 10.7. The molecule has 0 radical (unpaired) electrons. The van der Waals surface area contributed by atoms with Crippen molar-refractivity contribution in [2.45, 2.75) is 48.5 Å². The second-order valence-corrected chi connectivity index (χ2v) is 5.94. The molecule has 0 fully saturated rings. The summed E-state index contributed by atoms with van der Waals surface area (Å²) in [6.45, 7) is 14.3. The number of benzene rings is 3. The van der Waals surface area contributed by atoms with Crippen molar-refractivity contribution < 1.29 is 0 Å². The Hall–Kier alpha value is -2.86. The van der Waals surface area contributed by atoms with Crippen LogP contribution in [0.25, 0.3) is 17.2 Å². The van der Waals surface area contributed by atoms with Crippen LogP contribution in [-0.4, -0.2) is 0 Å². The largest absolute Gasteiger partial charge is 0.0841 e. The van der Waals surface area contributed by atoms with E-state index in [0.29, 0.717) is 0 Å². The average Bonchev–Trinajstić information content (AvgIpc) is 2.83. The van der Waals surface area contributed by atoms with Crippen LogP contribution in [0.15, 0.2) is 97.1 Å². The van der Waals surface area contributed by atoms with Gasteiger partial charge in [0.15, 0.2) is 0 Å². The van der Waals surface area contributed by atoms with Gasteiger partial charge >= 0.3 is 0 Å². The molecule has 0 saturated carbocycles. The molecule has 154 valence electrons. The van der Waals surface area contributed by atoms with Crippen molar-refractivity contribution in [3.8, 4) is 0 Å². The fourth-order valence-corrected chi connectivity index (χ4v) is 2.45. The minimum atomic E-state index is 1.25. The summed E-state index contributed by atoms with van der Waals surface area (Å²) in [6, 6.07) is 31.2. The number of hydrogen-bond acceptors (Lipinski definition) is 0. The Balaban J connectivity index is 0.000000488. The quantitative estimate of drug-likeness (QED) is 0.393. The van der Waals surface area contributed by atoms with Crippen molar-refractivity contribution in [1.29, 1.82) is 0 Å². The summed E-state index contributed by atoms with van der Waals surface area (Å²) in [7, 11) is 0. The summed E-state index contributed by atoms with van der Waals surface area (Å²) in [5, 5.41) is 0. The lowest BCUT2D eigenvalue weighted by Crippen LogP contribution is -1.78. The average molecular weight is 387 g/mol. The molecule has 0 aliphatic carbocycles. The lowest BCUT2D eigenvalue weighted by Gasteiger charge is -2.01. The van der Waals surface area contributed by atoms with Gasteiger partial charge in [-0.3, -0.25) is 0 Å². The molecule has 0 spiro atoms. The summed E-state index contributed by atoms with van der Waals surface area (Å²) in [5.41, 5.74) is 6.47. The minimum absolute atomic E-state index is 1.25. The molecule has 0 unspecified atom stereocenters. The van der Waals surface area contributed by atoms with Crippen LogP contribution in [0.1, 0.15) is 65.2 Å². The summed E-state index contributed by atoms with van der Waals surface area (Å²) in [5.74, 6) is 0. The topological polar surface area (TPSA) is 0 Å². The number of allylic oxidation sites excluding steroid dienone is 3. The Morgan fingerprint density at radius 3 is 1.24 bits per heavy atom. The molecular formula is C29H38. The maximum atomic E-state index is 2.20. The summed E-state index contributed by atoms with van der Waals surface area (Å²) < 4.78 is 0. The van der Waals surface area contributed by atoms with Crippen LogP contribution in [-0.2, 0) is 0 Å². The van der Waals surface area contributed by atoms with Crippen molar-refractivity contribution >= 4 is 17.2 Å². The van der Waals surface area contributed by atoms with Crippen LogP contribution in [0.4, 0.5) is 0 Å². The molecule has 3 aromatic carbocycles. The Morgan fingerprint density at radius 1 is 0.517 bits per heavy atom. The van der Waals surface area contributed by atoms with Gasteiger partial charge in [0.25, 0.3) is 0 Å². The highest BCUT2D eigenvalue weighted by Crippen LogP contribution is 2.16. The van der Waals surface area contributed by atoms with Crippen molar-refractivity contribution in [3.05, 3.63) is 114 Å². The van der Waals surface area contributed by atoms with E-state index in [1.807, 2.05) is 45.9 Å². The van der Waals surface area contributed by atoms with Gasteiger partial charge in [-0.2, -0.15) is 0 Å². The maximum absolute atomic E-state index is 2.20. The third-order valence-electron chi connectivity index (χ3n) is 4.07. The Bertz CT molecular complexity index is 794. The summed E-state index contributed by atoms with van der Waals surface area (Å²) >= 11 is 0. The Morgan fingerprint density at radius 2 is 0.862 bits per heavy atom. The van der Waals surface area contributed by atoms with Crippen molar-refractivity contribution in [2.24, 2.45) is 0 Å². The minimum Gasteiger partial charge on any atom is -0.0841 e. The van der Waals surface area contributed by atoms with Crippen LogP contribution >= 0.6 is 0 Å². The lowest BCUT2D eigenvalue weighted by molar-refractivity contribution is 1.50. The predicted octanol–water partition coefficient (Wildman–Crippen LogP) is 9.41. The van der Waals surface area contributed by atoms with Crippen LogP contribution in [0, 0.1) is 0 Å². The molecule has 0 heteroatoms. The highest BCUT2D eigenvalue weighted by Gasteiger charge is 1.93. The van der Waals surface area contributed by atoms with E-state index in [9.17, 15) is 0 Å². The van der Waals surface area contributed by atoms with E-state index >= 15 is 0 Å². The molecule has 0 nitrogen and oxygen atoms in total. The third kappa shape index (κ3) is 10.9. The second kappa shape index (κ2) is 17.3. The molecule has 0 bridgehead atoms. The zero-order chi connectivity index (χ0) is 21.9. The zero-order valence-electron chi connectivity index (χ0n) is 19.3. The molecule has 3 rings (SSSR count). The first kappa shape index (κ1) is 26.1. The highest BCUT2D eigenvalue weighted by molar-refractivity contribution is 5.79. The number of rotatable bonds is 3. The maximum Gasteiger partial charge on any atom is -0.0227 e. The first-order valence-electron chi connectivity index (χ1n) is 10.7. The summed E-state index contributed by atoms with van der Waals surface area (Å²) in [6.07, 6.45) is 4.32. The third-order valence-corrected chi connectivity index (χ3v) is 4.07. The molecule has 0 aliphatic heterocycles. The standard InChI is InChI=1S/C15H14.C10H12.2C2H6/c1-13(15-10-6-3-7-11-15)12-14-8-4-2-5-9-14;1-3-9(2)10-7-5-4-6-8-10;2*1-2/h2-12H,1H3;3-8H,1-2H3;2*1-2H3/b13-12+;;;. The van der Waals surface area contributed by atoms with E-state index < -0.39 is 0 Å². The Labute approximate surface area is 179 Å². The molecule has 0 saturated heterocycles. The smallest absolute Gasteiger partial charge is 0.0227 e. The normalized spacial score (nSPS) is 10.3. The van der Waals surface area contributed by atoms with Gasteiger partial charge in [0, 0.05) is 0 Å². The molecule has 3 aromatic rings. The van der Waals surface area contributed by atoms with Crippen LogP contribution in [0.5, 0.6) is 0 Å². The fourth-order valence-electron chi connectivity index (χ4n) is 2.45. The number of hydrogen-bond donors (Lipinski definition) is 0. The van der Waals surface area contributed by atoms with Gasteiger partial charge in [0.2, 0.25) is 0 Å². The molecule has 0 N–H and O–H groups in total. The SMILES string of the molecule is C/C(=C\c1ccccc1)c1ccccc1.CC.CC.CC=C(C)c1ccccc1. The molecular weight excluding hydrogens is 348 g/mol. The van der Waals surface area contributed by atoms with E-state index in [0.717, 1.165) is 0 Å². The molecule has 0 aliphatic rings. The van der Waals surface area contributed by atoms with Gasteiger partial charge in [-0.05, 0) is 48.6 Å². The van der Waals surface area contributed by atoms with Crippen molar-refractivity contribution in [2.75, 3.05) is 0 Å². The molecule has 0 heterocycles. The first-order chi connectivity index (χ1) is 14.2. The van der Waals surface area contributed by atoms with E-state index in [2.05, 4.69) is 106 Å². The van der Waals surface area contributed by atoms with E-state index in [-0.39, 0.29) is 0 Å². The predicted molar refractivity (Wildman–Crippen MR) is 135 cm³/mol. The Kier molecular flexibility index (Phi) is 15.6. The monoisotopic (exact) mass is 386 g/mol. The second-order valence-electron chi connectivity index (χ2n) is 5.94. The van der Waals surface area contributed by atoms with E-state index in [1.54, 1.807) is 0 Å². The summed E-state index contributed by atoms with van der Waals surface area (Å²) in [4.78, 5) is 0. The van der Waals surface area contributed by atoms with E-state index in [4.69, 9.17) is 0 Å². The zero-order valence-corrected chi connectivity index (χ0v) is 19.3. The van der Waals surface area contributed by atoms with Gasteiger partial charge in [-0.1, -0.05) is 131 Å². The molecule has 0 amide bonds. The fraction of sp³-hybridized carbons (Fsp3) is 0.241.